The van der Waals surface area contributed by atoms with Crippen molar-refractivity contribution in [2.24, 2.45) is 5.92 Å². The highest BCUT2D eigenvalue weighted by Gasteiger charge is 2.29. The van der Waals surface area contributed by atoms with Crippen molar-refractivity contribution in [2.45, 2.75) is 25.3 Å². The molecule has 2 aromatic carbocycles. The van der Waals surface area contributed by atoms with Crippen molar-refractivity contribution in [1.82, 2.24) is 10.6 Å². The van der Waals surface area contributed by atoms with Crippen molar-refractivity contribution in [3.63, 3.8) is 0 Å². The van der Waals surface area contributed by atoms with E-state index in [-0.39, 0.29) is 30.2 Å². The second kappa shape index (κ2) is 8.17. The molecule has 2 aromatic rings. The molecule has 1 aliphatic rings. The number of nitrogens with one attached hydrogen (secondary N) is 2. The lowest BCUT2D eigenvalue weighted by Crippen LogP contribution is -2.35. The van der Waals surface area contributed by atoms with Crippen LogP contribution in [0.1, 0.15) is 30.0 Å². The van der Waals surface area contributed by atoms with Gasteiger partial charge in [-0.05, 0) is 36.1 Å². The second-order valence-electron chi connectivity index (χ2n) is 6.35. The Morgan fingerprint density at radius 3 is 2.68 bits per heavy atom. The summed E-state index contributed by atoms with van der Waals surface area (Å²) in [7, 11) is 0. The minimum Gasteiger partial charge on any atom is -0.355 e. The third-order valence-corrected chi connectivity index (χ3v) is 4.72. The maximum Gasteiger partial charge on any atom is 0.225 e. The summed E-state index contributed by atoms with van der Waals surface area (Å²) < 4.78 is 0. The zero-order valence-corrected chi connectivity index (χ0v) is 14.6. The molecule has 4 nitrogen and oxygen atoms in total. The largest absolute Gasteiger partial charge is 0.355 e. The molecule has 1 aliphatic heterocycles. The van der Waals surface area contributed by atoms with E-state index < -0.39 is 0 Å². The average Bonchev–Trinajstić information content (AvgIpc) is 3.06. The highest BCUT2D eigenvalue weighted by atomic mass is 35.5. The van der Waals surface area contributed by atoms with E-state index in [9.17, 15) is 9.59 Å². The van der Waals surface area contributed by atoms with E-state index in [1.807, 2.05) is 42.5 Å². The maximum absolute atomic E-state index is 12.5. The summed E-state index contributed by atoms with van der Waals surface area (Å²) in [5.74, 6) is -0.453. The molecule has 0 saturated carbocycles. The number of carbonyl (C=O) groups is 2. The molecular weight excluding hydrogens is 336 g/mol. The van der Waals surface area contributed by atoms with Crippen LogP contribution >= 0.6 is 11.6 Å². The predicted octanol–water partition coefficient (Wildman–Crippen LogP) is 3.27. The van der Waals surface area contributed by atoms with Gasteiger partial charge in [0.25, 0.3) is 0 Å². The van der Waals surface area contributed by atoms with E-state index in [2.05, 4.69) is 22.8 Å². The van der Waals surface area contributed by atoms with E-state index in [1.165, 1.54) is 5.56 Å². The summed E-state index contributed by atoms with van der Waals surface area (Å²) in [4.78, 5) is 23.9. The highest BCUT2D eigenvalue weighted by Crippen LogP contribution is 2.23. The highest BCUT2D eigenvalue weighted by molar-refractivity contribution is 6.30. The van der Waals surface area contributed by atoms with Crippen LogP contribution in [0.15, 0.2) is 54.6 Å². The number of benzene rings is 2. The van der Waals surface area contributed by atoms with Crippen LogP contribution < -0.4 is 10.6 Å². The summed E-state index contributed by atoms with van der Waals surface area (Å²) in [5, 5.41) is 6.46. The number of halogens is 1. The van der Waals surface area contributed by atoms with Crippen LogP contribution in [0.2, 0.25) is 5.02 Å². The fourth-order valence-electron chi connectivity index (χ4n) is 3.08. The van der Waals surface area contributed by atoms with Gasteiger partial charge in [0.1, 0.15) is 0 Å². The summed E-state index contributed by atoms with van der Waals surface area (Å²) in [6.07, 6.45) is 1.87. The summed E-state index contributed by atoms with van der Waals surface area (Å²) in [5.41, 5.74) is 2.20. The molecule has 2 amide bonds. The molecular formula is C20H21ClN2O2. The third-order valence-electron chi connectivity index (χ3n) is 4.48. The fraction of sp³-hybridized carbons (Fsp3) is 0.300. The summed E-state index contributed by atoms with van der Waals surface area (Å²) in [6, 6.07) is 17.6. The molecule has 2 N–H and O–H groups in total. The van der Waals surface area contributed by atoms with Gasteiger partial charge < -0.3 is 10.6 Å². The Balaban J connectivity index is 1.72. The molecule has 1 heterocycles. The number of carbonyl (C=O) groups excluding carboxylic acids is 2. The number of hydrogen-bond acceptors (Lipinski definition) is 2. The minimum atomic E-state index is -0.300. The third kappa shape index (κ3) is 4.83. The quantitative estimate of drug-likeness (QED) is 0.834. The van der Waals surface area contributed by atoms with Gasteiger partial charge in [-0.1, -0.05) is 54.1 Å². The predicted molar refractivity (Wildman–Crippen MR) is 98.2 cm³/mol. The molecule has 2 atom stereocenters. The Morgan fingerprint density at radius 1 is 1.20 bits per heavy atom. The lowest BCUT2D eigenvalue weighted by molar-refractivity contribution is -0.127. The van der Waals surface area contributed by atoms with E-state index in [0.29, 0.717) is 11.6 Å². The molecule has 0 aliphatic carbocycles. The number of hydrogen-bond donors (Lipinski definition) is 2. The first-order valence-corrected chi connectivity index (χ1v) is 8.86. The van der Waals surface area contributed by atoms with Gasteiger partial charge >= 0.3 is 0 Å². The van der Waals surface area contributed by atoms with Crippen molar-refractivity contribution >= 4 is 23.4 Å². The van der Waals surface area contributed by atoms with Crippen molar-refractivity contribution in [3.8, 4) is 0 Å². The standard InChI is InChI=1S/C20H21ClN2O2/c21-17-8-4-7-15(11-17)18(10-9-14-5-2-1-3-6-14)23-20(25)16-12-19(24)22-13-16/h1-8,11,16,18H,9-10,12-13H2,(H,22,24)(H,23,25). The second-order valence-corrected chi connectivity index (χ2v) is 6.78. The van der Waals surface area contributed by atoms with Crippen molar-refractivity contribution < 1.29 is 9.59 Å². The van der Waals surface area contributed by atoms with Crippen LogP contribution in [-0.2, 0) is 16.0 Å². The van der Waals surface area contributed by atoms with E-state index >= 15 is 0 Å². The Hall–Kier alpha value is -2.33. The van der Waals surface area contributed by atoms with E-state index in [1.54, 1.807) is 0 Å². The van der Waals surface area contributed by atoms with Crippen molar-refractivity contribution in [1.29, 1.82) is 0 Å². The Morgan fingerprint density at radius 2 is 2.00 bits per heavy atom. The van der Waals surface area contributed by atoms with Gasteiger partial charge in [0.15, 0.2) is 0 Å². The maximum atomic E-state index is 12.5. The molecule has 3 rings (SSSR count). The van der Waals surface area contributed by atoms with Gasteiger partial charge in [-0.3, -0.25) is 9.59 Å². The SMILES string of the molecule is O=C1CC(C(=O)NC(CCc2ccccc2)c2cccc(Cl)c2)CN1. The van der Waals surface area contributed by atoms with Gasteiger partial charge in [-0.2, -0.15) is 0 Å². The minimum absolute atomic E-state index is 0.0660. The molecule has 0 radical (unpaired) electrons. The molecule has 0 spiro atoms. The average molecular weight is 357 g/mol. The lowest BCUT2D eigenvalue weighted by Gasteiger charge is -2.21. The molecule has 0 bridgehead atoms. The van der Waals surface area contributed by atoms with Crippen LogP contribution in [0.5, 0.6) is 0 Å². The van der Waals surface area contributed by atoms with Crippen molar-refractivity contribution in [2.75, 3.05) is 6.54 Å². The van der Waals surface area contributed by atoms with Crippen LogP contribution in [0.3, 0.4) is 0 Å². The first kappa shape index (κ1) is 17.5. The molecule has 25 heavy (non-hydrogen) atoms. The molecule has 1 fully saturated rings. The molecule has 2 unspecified atom stereocenters. The molecule has 5 heteroatoms. The van der Waals surface area contributed by atoms with Crippen LogP contribution in [0.4, 0.5) is 0 Å². The van der Waals surface area contributed by atoms with Crippen LogP contribution in [0, 0.1) is 5.92 Å². The normalized spacial score (nSPS) is 17.8. The number of amides is 2. The van der Waals surface area contributed by atoms with Crippen molar-refractivity contribution in [3.05, 3.63) is 70.7 Å². The zero-order valence-electron chi connectivity index (χ0n) is 13.9. The topological polar surface area (TPSA) is 58.2 Å². The van der Waals surface area contributed by atoms with Gasteiger partial charge in [-0.25, -0.2) is 0 Å². The molecule has 0 aromatic heterocycles. The van der Waals surface area contributed by atoms with Crippen LogP contribution in [-0.4, -0.2) is 18.4 Å². The zero-order chi connectivity index (χ0) is 17.6. The molecule has 130 valence electrons. The Bertz CT molecular complexity index is 748. The molecule has 1 saturated heterocycles. The summed E-state index contributed by atoms with van der Waals surface area (Å²) in [6.45, 7) is 0.408. The Labute approximate surface area is 152 Å². The number of rotatable bonds is 6. The van der Waals surface area contributed by atoms with Gasteiger partial charge in [0, 0.05) is 18.0 Å². The van der Waals surface area contributed by atoms with Gasteiger partial charge in [-0.15, -0.1) is 0 Å². The Kier molecular flexibility index (Phi) is 5.71. The monoisotopic (exact) mass is 356 g/mol. The lowest BCUT2D eigenvalue weighted by atomic mass is 9.97. The summed E-state index contributed by atoms with van der Waals surface area (Å²) >= 11 is 6.12. The van der Waals surface area contributed by atoms with E-state index in [0.717, 1.165) is 18.4 Å². The number of aryl methyl sites for hydroxylation is 1. The van der Waals surface area contributed by atoms with Gasteiger partial charge in [0.05, 0.1) is 12.0 Å². The first-order valence-electron chi connectivity index (χ1n) is 8.48. The van der Waals surface area contributed by atoms with Crippen LogP contribution in [0.25, 0.3) is 0 Å². The smallest absolute Gasteiger partial charge is 0.225 e. The fourth-order valence-corrected chi connectivity index (χ4v) is 3.28. The van der Waals surface area contributed by atoms with Gasteiger partial charge in [0.2, 0.25) is 11.8 Å². The van der Waals surface area contributed by atoms with E-state index in [4.69, 9.17) is 11.6 Å². The first-order chi connectivity index (χ1) is 12.1.